The lowest BCUT2D eigenvalue weighted by Crippen LogP contribution is -2.41. The number of morpholine rings is 1. The third-order valence-corrected chi connectivity index (χ3v) is 5.42. The molecule has 1 fully saturated rings. The van der Waals surface area contributed by atoms with Gasteiger partial charge in [-0.05, 0) is 42.5 Å². The zero-order valence-corrected chi connectivity index (χ0v) is 18.8. The summed E-state index contributed by atoms with van der Waals surface area (Å²) >= 11 is 11.8. The summed E-state index contributed by atoms with van der Waals surface area (Å²) < 4.78 is 16.1. The molecular weight excluding hydrogens is 473 g/mol. The van der Waals surface area contributed by atoms with E-state index in [1.165, 1.54) is 6.07 Å². The monoisotopic (exact) mass is 491 g/mol. The molecule has 0 radical (unpaired) electrons. The summed E-state index contributed by atoms with van der Waals surface area (Å²) in [6.07, 6.45) is -0.941. The zero-order chi connectivity index (χ0) is 23.4. The van der Waals surface area contributed by atoms with Crippen LogP contribution < -0.4 is 15.0 Å². The lowest BCUT2D eigenvalue weighted by Gasteiger charge is -2.26. The molecule has 1 N–H and O–H groups in total. The van der Waals surface area contributed by atoms with E-state index in [0.29, 0.717) is 29.5 Å². The van der Waals surface area contributed by atoms with E-state index < -0.39 is 17.9 Å². The molecule has 3 amide bonds. The Morgan fingerprint density at radius 2 is 1.97 bits per heavy atom. The van der Waals surface area contributed by atoms with Gasteiger partial charge in [0.2, 0.25) is 5.90 Å². The van der Waals surface area contributed by atoms with Gasteiger partial charge >= 0.3 is 0 Å². The fourth-order valence-electron chi connectivity index (χ4n) is 3.21. The number of carbonyl (C=O) groups excluding carboxylic acids is 3. The second-order valence-corrected chi connectivity index (χ2v) is 8.02. The number of aliphatic imine (C=N–C) groups is 1. The highest BCUT2D eigenvalue weighted by Crippen LogP contribution is 2.27. The van der Waals surface area contributed by atoms with Crippen molar-refractivity contribution in [1.29, 1.82) is 0 Å². The average Bonchev–Trinajstić information content (AvgIpc) is 3.18. The molecule has 33 heavy (non-hydrogen) atoms. The van der Waals surface area contributed by atoms with Crippen molar-refractivity contribution in [2.45, 2.75) is 6.10 Å². The van der Waals surface area contributed by atoms with Crippen LogP contribution in [-0.4, -0.2) is 62.6 Å². The molecule has 2 heterocycles. The van der Waals surface area contributed by atoms with Crippen LogP contribution in [0.5, 0.6) is 5.75 Å². The van der Waals surface area contributed by atoms with Crippen LogP contribution in [0.1, 0.15) is 5.56 Å². The van der Waals surface area contributed by atoms with E-state index in [-0.39, 0.29) is 36.6 Å². The Balaban J connectivity index is 1.27. The number of carbonyl (C=O) groups is 3. The third-order valence-electron chi connectivity index (χ3n) is 4.89. The minimum Gasteiger partial charge on any atom is -0.482 e. The van der Waals surface area contributed by atoms with Gasteiger partial charge in [0.15, 0.2) is 12.7 Å². The molecule has 0 aromatic heterocycles. The molecule has 4 rings (SSSR count). The number of benzene rings is 2. The Morgan fingerprint density at radius 3 is 2.70 bits per heavy atom. The van der Waals surface area contributed by atoms with Crippen LogP contribution >= 0.6 is 23.2 Å². The van der Waals surface area contributed by atoms with Gasteiger partial charge in [0.25, 0.3) is 17.7 Å². The van der Waals surface area contributed by atoms with Crippen LogP contribution in [0.2, 0.25) is 10.0 Å². The highest BCUT2D eigenvalue weighted by atomic mass is 35.5. The first kappa shape index (κ1) is 23.0. The number of nitrogens with zero attached hydrogens (tertiary/aromatic N) is 2. The summed E-state index contributed by atoms with van der Waals surface area (Å²) in [5.74, 6) is -0.595. The molecule has 1 atom stereocenters. The molecule has 0 spiro atoms. The van der Waals surface area contributed by atoms with Crippen LogP contribution in [0.15, 0.2) is 47.5 Å². The number of anilines is 1. The van der Waals surface area contributed by atoms with Gasteiger partial charge in [-0.3, -0.25) is 14.4 Å². The van der Waals surface area contributed by atoms with Gasteiger partial charge in [-0.1, -0.05) is 23.2 Å². The first-order valence-electron chi connectivity index (χ1n) is 10.0. The normalized spacial score (nSPS) is 18.1. The van der Waals surface area contributed by atoms with Crippen LogP contribution in [0.4, 0.5) is 5.69 Å². The molecular formula is C22H19Cl2N3O6. The van der Waals surface area contributed by atoms with Crippen LogP contribution in [0, 0.1) is 0 Å². The average molecular weight is 492 g/mol. The Hall–Kier alpha value is -3.14. The van der Waals surface area contributed by atoms with E-state index in [2.05, 4.69) is 10.3 Å². The molecule has 172 valence electrons. The van der Waals surface area contributed by atoms with E-state index >= 15 is 0 Å². The minimum atomic E-state index is -0.941. The van der Waals surface area contributed by atoms with Gasteiger partial charge in [-0.2, -0.15) is 4.99 Å². The Bertz CT molecular complexity index is 1110. The highest BCUT2D eigenvalue weighted by Gasteiger charge is 2.30. The first-order chi connectivity index (χ1) is 15.9. The van der Waals surface area contributed by atoms with Gasteiger partial charge in [0.05, 0.1) is 18.2 Å². The van der Waals surface area contributed by atoms with Gasteiger partial charge < -0.3 is 24.4 Å². The van der Waals surface area contributed by atoms with E-state index in [1.54, 1.807) is 41.3 Å². The van der Waals surface area contributed by atoms with E-state index in [9.17, 15) is 14.4 Å². The largest absolute Gasteiger partial charge is 0.482 e. The van der Waals surface area contributed by atoms with Gasteiger partial charge in [0.1, 0.15) is 12.4 Å². The van der Waals surface area contributed by atoms with E-state index in [4.69, 9.17) is 37.4 Å². The SMILES string of the molecule is O=C(COc1ccc(Cl)cc1Cl)NC[C@@H]1OC(c2ccc(N3CCOCC3=O)cc2)=NC1=O. The van der Waals surface area contributed by atoms with Crippen molar-refractivity contribution in [2.24, 2.45) is 4.99 Å². The number of rotatable bonds is 7. The summed E-state index contributed by atoms with van der Waals surface area (Å²) in [6, 6.07) is 11.6. The standard InChI is InChI=1S/C22H19Cl2N3O6/c23-14-3-6-17(16(24)9-14)32-11-19(28)25-10-18-21(30)26-22(33-18)13-1-4-15(5-2-13)27-7-8-31-12-20(27)29/h1-6,9,18H,7-8,10-12H2,(H,25,28)/t18-/m0/s1. The fourth-order valence-corrected chi connectivity index (χ4v) is 3.68. The van der Waals surface area contributed by atoms with Crippen molar-refractivity contribution in [3.63, 3.8) is 0 Å². The number of halogens is 2. The highest BCUT2D eigenvalue weighted by molar-refractivity contribution is 6.35. The molecule has 2 aliphatic heterocycles. The first-order valence-corrected chi connectivity index (χ1v) is 10.8. The van der Waals surface area contributed by atoms with Crippen molar-refractivity contribution < 1.29 is 28.6 Å². The van der Waals surface area contributed by atoms with Crippen molar-refractivity contribution in [1.82, 2.24) is 5.32 Å². The quantitative estimate of drug-likeness (QED) is 0.636. The fraction of sp³-hybridized carbons (Fsp3) is 0.273. The lowest BCUT2D eigenvalue weighted by molar-refractivity contribution is -0.126. The molecule has 2 aromatic rings. The Labute approximate surface area is 199 Å². The second-order valence-electron chi connectivity index (χ2n) is 7.17. The van der Waals surface area contributed by atoms with Crippen molar-refractivity contribution in [2.75, 3.05) is 37.8 Å². The van der Waals surface area contributed by atoms with E-state index in [0.717, 1.165) is 5.69 Å². The molecule has 2 aromatic carbocycles. The van der Waals surface area contributed by atoms with Crippen molar-refractivity contribution >= 4 is 52.5 Å². The van der Waals surface area contributed by atoms with Crippen LogP contribution in [0.25, 0.3) is 0 Å². The minimum absolute atomic E-state index is 0.0528. The summed E-state index contributed by atoms with van der Waals surface area (Å²) in [6.45, 7) is 0.643. The van der Waals surface area contributed by atoms with E-state index in [1.807, 2.05) is 0 Å². The van der Waals surface area contributed by atoms with Crippen LogP contribution in [-0.2, 0) is 23.9 Å². The Kier molecular flexibility index (Phi) is 7.12. The molecule has 0 bridgehead atoms. The van der Waals surface area contributed by atoms with Gasteiger partial charge in [-0.25, -0.2) is 0 Å². The predicted molar refractivity (Wildman–Crippen MR) is 121 cm³/mol. The molecule has 2 aliphatic rings. The summed E-state index contributed by atoms with van der Waals surface area (Å²) in [5.41, 5.74) is 1.31. The number of hydrogen-bond donors (Lipinski definition) is 1. The molecule has 0 saturated carbocycles. The summed E-state index contributed by atoms with van der Waals surface area (Å²) in [5, 5.41) is 3.31. The Morgan fingerprint density at radius 1 is 1.18 bits per heavy atom. The van der Waals surface area contributed by atoms with Gasteiger partial charge in [-0.15, -0.1) is 0 Å². The molecule has 11 heteroatoms. The summed E-state index contributed by atoms with van der Waals surface area (Å²) in [4.78, 5) is 41.8. The zero-order valence-electron chi connectivity index (χ0n) is 17.3. The number of amides is 3. The molecule has 9 nitrogen and oxygen atoms in total. The molecule has 0 unspecified atom stereocenters. The third kappa shape index (κ3) is 5.62. The molecule has 1 saturated heterocycles. The van der Waals surface area contributed by atoms with Crippen molar-refractivity contribution in [3.05, 3.63) is 58.1 Å². The lowest BCUT2D eigenvalue weighted by atomic mass is 10.2. The van der Waals surface area contributed by atoms with Gasteiger partial charge in [0, 0.05) is 22.8 Å². The smallest absolute Gasteiger partial charge is 0.291 e. The maximum Gasteiger partial charge on any atom is 0.291 e. The maximum absolute atomic E-state index is 12.2. The summed E-state index contributed by atoms with van der Waals surface area (Å²) in [7, 11) is 0. The van der Waals surface area contributed by atoms with Crippen molar-refractivity contribution in [3.8, 4) is 5.75 Å². The number of nitrogens with one attached hydrogen (secondary N) is 1. The second kappa shape index (κ2) is 10.2. The van der Waals surface area contributed by atoms with Crippen LogP contribution in [0.3, 0.4) is 0 Å². The molecule has 0 aliphatic carbocycles. The number of ether oxygens (including phenoxy) is 3. The maximum atomic E-state index is 12.2. The predicted octanol–water partition coefficient (Wildman–Crippen LogP) is 2.22. The topological polar surface area (TPSA) is 107 Å². The number of hydrogen-bond acceptors (Lipinski definition) is 6.